The third kappa shape index (κ3) is 5.78. The molecule has 0 bridgehead atoms. The zero-order valence-electron chi connectivity index (χ0n) is 17.5. The van der Waals surface area contributed by atoms with E-state index in [1.54, 1.807) is 24.3 Å². The number of likely N-dealkylation sites (N-methyl/N-ethyl adjacent to an activating group) is 1. The highest BCUT2D eigenvalue weighted by Gasteiger charge is 2.38. The van der Waals surface area contributed by atoms with E-state index in [1.807, 2.05) is 0 Å². The van der Waals surface area contributed by atoms with Gasteiger partial charge in [-0.05, 0) is 49.3 Å². The molecule has 9 heteroatoms. The molecule has 8 nitrogen and oxygen atoms in total. The summed E-state index contributed by atoms with van der Waals surface area (Å²) in [5.74, 6) is -0.711. The molecule has 168 valence electrons. The van der Waals surface area contributed by atoms with Crippen LogP contribution in [0.2, 0.25) is 0 Å². The first-order chi connectivity index (χ1) is 14.8. The van der Waals surface area contributed by atoms with Crippen molar-refractivity contribution in [1.82, 2.24) is 15.5 Å². The molecule has 1 aliphatic heterocycles. The van der Waals surface area contributed by atoms with Gasteiger partial charge in [-0.15, -0.1) is 0 Å². The molecular weight excluding hydrogens is 418 g/mol. The summed E-state index contributed by atoms with van der Waals surface area (Å²) < 4.78 is 0. The Morgan fingerprint density at radius 2 is 1.81 bits per heavy atom. The van der Waals surface area contributed by atoms with Crippen LogP contribution in [0.15, 0.2) is 24.3 Å². The van der Waals surface area contributed by atoms with Crippen LogP contribution in [0.3, 0.4) is 0 Å². The van der Waals surface area contributed by atoms with E-state index in [9.17, 15) is 24.3 Å². The van der Waals surface area contributed by atoms with E-state index in [0.717, 1.165) is 18.4 Å². The number of imide groups is 1. The van der Waals surface area contributed by atoms with Crippen LogP contribution in [0.1, 0.15) is 37.7 Å². The van der Waals surface area contributed by atoms with Gasteiger partial charge in [0.05, 0.1) is 5.25 Å². The second-order valence-electron chi connectivity index (χ2n) is 8.33. The Bertz CT molecular complexity index is 836. The first kappa shape index (κ1) is 23.1. The van der Waals surface area contributed by atoms with E-state index < -0.39 is 11.3 Å². The van der Waals surface area contributed by atoms with Gasteiger partial charge in [-0.1, -0.05) is 12.1 Å². The van der Waals surface area contributed by atoms with Gasteiger partial charge in [0, 0.05) is 32.4 Å². The third-order valence-corrected chi connectivity index (χ3v) is 6.54. The van der Waals surface area contributed by atoms with Crippen molar-refractivity contribution in [2.45, 2.75) is 49.8 Å². The second-order valence-corrected chi connectivity index (χ2v) is 8.95. The Balaban J connectivity index is 1.52. The van der Waals surface area contributed by atoms with Crippen molar-refractivity contribution in [3.8, 4) is 5.75 Å². The number of phenolic OH excluding ortho intramolecular Hbond substituents is 1. The molecule has 1 aromatic carbocycles. The smallest absolute Gasteiger partial charge is 0.242 e. The molecule has 1 saturated carbocycles. The van der Waals surface area contributed by atoms with Crippen molar-refractivity contribution in [3.05, 3.63) is 29.8 Å². The molecule has 0 spiro atoms. The van der Waals surface area contributed by atoms with Gasteiger partial charge in [0.2, 0.25) is 23.6 Å². The molecule has 2 fully saturated rings. The average Bonchev–Trinajstić information content (AvgIpc) is 3.00. The Morgan fingerprint density at radius 3 is 2.35 bits per heavy atom. The highest BCUT2D eigenvalue weighted by atomic mass is 32.1. The lowest BCUT2D eigenvalue weighted by Gasteiger charge is -2.31. The number of carbonyl (C=O) groups excluding carboxylic acids is 4. The van der Waals surface area contributed by atoms with Gasteiger partial charge in [-0.2, -0.15) is 12.6 Å². The summed E-state index contributed by atoms with van der Waals surface area (Å²) in [6.07, 6.45) is 3.27. The Hall–Kier alpha value is -2.55. The standard InChI is InChI=1S/C22H29N3O5S/c1-23-21(29)17(10-13-4-8-16(26)9-5-13)24-20(28)15-6-2-14(3-7-15)12-25-19(27)11-18(31)22(25)30/h4-5,8-9,14-15,17-18,26,31H,2-3,6-7,10-12H2,1H3,(H,23,29)(H,24,28). The Morgan fingerprint density at radius 1 is 1.16 bits per heavy atom. The first-order valence-corrected chi connectivity index (χ1v) is 11.1. The van der Waals surface area contributed by atoms with E-state index in [0.29, 0.717) is 25.8 Å². The summed E-state index contributed by atoms with van der Waals surface area (Å²) in [5.41, 5.74) is 0.831. The predicted octanol–water partition coefficient (Wildman–Crippen LogP) is 1.03. The van der Waals surface area contributed by atoms with Crippen molar-refractivity contribution in [2.75, 3.05) is 13.6 Å². The fraction of sp³-hybridized carbons (Fsp3) is 0.545. The van der Waals surface area contributed by atoms with Gasteiger partial charge < -0.3 is 15.7 Å². The number of benzene rings is 1. The fourth-order valence-electron chi connectivity index (χ4n) is 4.26. The van der Waals surface area contributed by atoms with Crippen LogP contribution in [0.4, 0.5) is 0 Å². The molecule has 0 radical (unpaired) electrons. The van der Waals surface area contributed by atoms with Gasteiger partial charge in [0.1, 0.15) is 11.8 Å². The lowest BCUT2D eigenvalue weighted by atomic mass is 9.81. The summed E-state index contributed by atoms with van der Waals surface area (Å²) in [4.78, 5) is 50.4. The quantitative estimate of drug-likeness (QED) is 0.368. The number of thiol groups is 1. The third-order valence-electron chi connectivity index (χ3n) is 6.13. The van der Waals surface area contributed by atoms with Gasteiger partial charge in [-0.3, -0.25) is 24.1 Å². The zero-order chi connectivity index (χ0) is 22.5. The molecule has 4 amide bonds. The molecule has 31 heavy (non-hydrogen) atoms. The molecule has 3 N–H and O–H groups in total. The van der Waals surface area contributed by atoms with E-state index in [4.69, 9.17) is 0 Å². The highest BCUT2D eigenvalue weighted by molar-refractivity contribution is 7.81. The van der Waals surface area contributed by atoms with Crippen molar-refractivity contribution in [2.24, 2.45) is 11.8 Å². The molecule has 1 aliphatic carbocycles. The van der Waals surface area contributed by atoms with Gasteiger partial charge >= 0.3 is 0 Å². The molecule has 1 saturated heterocycles. The molecule has 1 heterocycles. The maximum absolute atomic E-state index is 12.8. The van der Waals surface area contributed by atoms with E-state index >= 15 is 0 Å². The summed E-state index contributed by atoms with van der Waals surface area (Å²) in [6, 6.07) is 5.83. The van der Waals surface area contributed by atoms with Gasteiger partial charge in [-0.25, -0.2) is 0 Å². The average molecular weight is 448 g/mol. The molecular formula is C22H29N3O5S. The number of nitrogens with one attached hydrogen (secondary N) is 2. The topological polar surface area (TPSA) is 116 Å². The molecule has 0 aromatic heterocycles. The number of amides is 4. The van der Waals surface area contributed by atoms with Crippen molar-refractivity contribution in [3.63, 3.8) is 0 Å². The summed E-state index contributed by atoms with van der Waals surface area (Å²) in [5, 5.41) is 14.3. The van der Waals surface area contributed by atoms with Gasteiger partial charge in [0.15, 0.2) is 0 Å². The molecule has 1 aromatic rings. The molecule has 2 unspecified atom stereocenters. The van der Waals surface area contributed by atoms with E-state index in [1.165, 1.54) is 11.9 Å². The molecule has 2 atom stereocenters. The second kappa shape index (κ2) is 10.2. The lowest BCUT2D eigenvalue weighted by molar-refractivity contribution is -0.139. The zero-order valence-corrected chi connectivity index (χ0v) is 18.4. The monoisotopic (exact) mass is 447 g/mol. The van der Waals surface area contributed by atoms with Crippen LogP contribution in [-0.2, 0) is 25.6 Å². The highest BCUT2D eigenvalue weighted by Crippen LogP contribution is 2.31. The van der Waals surface area contributed by atoms with Gasteiger partial charge in [0.25, 0.3) is 0 Å². The maximum Gasteiger partial charge on any atom is 0.242 e. The molecule has 3 rings (SSSR count). The Labute approximate surface area is 187 Å². The fourth-order valence-corrected chi connectivity index (χ4v) is 4.56. The summed E-state index contributed by atoms with van der Waals surface area (Å²) >= 11 is 4.15. The van der Waals surface area contributed by atoms with Crippen LogP contribution in [-0.4, -0.2) is 58.5 Å². The number of rotatable bonds is 7. The lowest BCUT2D eigenvalue weighted by Crippen LogP contribution is -2.49. The van der Waals surface area contributed by atoms with Crippen LogP contribution in [0, 0.1) is 11.8 Å². The minimum Gasteiger partial charge on any atom is -0.508 e. The van der Waals surface area contributed by atoms with Crippen molar-refractivity contribution in [1.29, 1.82) is 0 Å². The largest absolute Gasteiger partial charge is 0.508 e. The van der Waals surface area contributed by atoms with Crippen molar-refractivity contribution >= 4 is 36.3 Å². The van der Waals surface area contributed by atoms with Crippen LogP contribution >= 0.6 is 12.6 Å². The minimum atomic E-state index is -0.702. The van der Waals surface area contributed by atoms with E-state index in [-0.39, 0.29) is 47.6 Å². The number of hydrogen-bond donors (Lipinski definition) is 4. The number of likely N-dealkylation sites (tertiary alicyclic amines) is 1. The number of hydrogen-bond acceptors (Lipinski definition) is 6. The van der Waals surface area contributed by atoms with Crippen molar-refractivity contribution < 1.29 is 24.3 Å². The minimum absolute atomic E-state index is 0.142. The van der Waals surface area contributed by atoms with Crippen LogP contribution in [0.25, 0.3) is 0 Å². The number of nitrogens with zero attached hydrogens (tertiary/aromatic N) is 1. The predicted molar refractivity (Wildman–Crippen MR) is 117 cm³/mol. The van der Waals surface area contributed by atoms with E-state index in [2.05, 4.69) is 23.3 Å². The van der Waals surface area contributed by atoms with Crippen LogP contribution in [0.5, 0.6) is 5.75 Å². The summed E-state index contributed by atoms with van der Waals surface area (Å²) in [7, 11) is 1.53. The molecule has 2 aliphatic rings. The first-order valence-electron chi connectivity index (χ1n) is 10.6. The Kier molecular flexibility index (Phi) is 7.59. The van der Waals surface area contributed by atoms with Crippen LogP contribution < -0.4 is 10.6 Å². The maximum atomic E-state index is 12.8. The number of phenols is 1. The normalized spacial score (nSPS) is 24.7. The number of aromatic hydroxyl groups is 1. The SMILES string of the molecule is CNC(=O)C(Cc1ccc(O)cc1)NC(=O)C1CCC(CN2C(=O)CC(S)C2=O)CC1. The number of carbonyl (C=O) groups is 4. The summed E-state index contributed by atoms with van der Waals surface area (Å²) in [6.45, 7) is 0.394.